The van der Waals surface area contributed by atoms with E-state index in [-0.39, 0.29) is 24.0 Å². The van der Waals surface area contributed by atoms with Crippen molar-refractivity contribution in [2.45, 2.75) is 26.0 Å². The Bertz CT molecular complexity index is 830. The molecule has 178 valence electrons. The number of halogens is 1. The molecular weight excluding hydrogens is 523 g/mol. The zero-order chi connectivity index (χ0) is 21.9. The van der Waals surface area contributed by atoms with Gasteiger partial charge in [-0.25, -0.2) is 0 Å². The number of hydrogen-bond acceptors (Lipinski definition) is 6. The Morgan fingerprint density at radius 1 is 1.12 bits per heavy atom. The number of fused-ring (bicyclic) bond motifs is 1. The van der Waals surface area contributed by atoms with Crippen molar-refractivity contribution in [1.29, 1.82) is 0 Å². The van der Waals surface area contributed by atoms with E-state index in [9.17, 15) is 0 Å². The van der Waals surface area contributed by atoms with Crippen molar-refractivity contribution in [2.75, 3.05) is 54.1 Å². The second-order valence-corrected chi connectivity index (χ2v) is 7.41. The molecule has 2 heterocycles. The SMILES string of the molecule is CN=C(NCCCOCc1ccco1)NCCN1CCc2cc(OC)c(OC)cc2C1.I. The predicted molar refractivity (Wildman–Crippen MR) is 136 cm³/mol. The Morgan fingerprint density at radius 2 is 1.88 bits per heavy atom. The van der Waals surface area contributed by atoms with Crippen LogP contribution in [0.5, 0.6) is 11.5 Å². The second kappa shape index (κ2) is 14.2. The molecule has 2 aromatic rings. The van der Waals surface area contributed by atoms with Crippen molar-refractivity contribution in [3.05, 3.63) is 47.4 Å². The quantitative estimate of drug-likeness (QED) is 0.190. The van der Waals surface area contributed by atoms with E-state index in [0.717, 1.165) is 68.8 Å². The molecule has 3 rings (SSSR count). The van der Waals surface area contributed by atoms with E-state index in [1.54, 1.807) is 27.5 Å². The van der Waals surface area contributed by atoms with E-state index in [1.165, 1.54) is 11.1 Å². The van der Waals surface area contributed by atoms with Gasteiger partial charge in [-0.3, -0.25) is 9.89 Å². The topological polar surface area (TPSA) is 80.5 Å². The predicted octanol–water partition coefficient (Wildman–Crippen LogP) is 3.04. The lowest BCUT2D eigenvalue weighted by Gasteiger charge is -2.29. The van der Waals surface area contributed by atoms with Gasteiger partial charge in [0.1, 0.15) is 12.4 Å². The molecule has 8 nitrogen and oxygen atoms in total. The highest BCUT2D eigenvalue weighted by Gasteiger charge is 2.19. The zero-order valence-corrected chi connectivity index (χ0v) is 21.5. The van der Waals surface area contributed by atoms with Gasteiger partial charge in [-0.15, -0.1) is 24.0 Å². The van der Waals surface area contributed by atoms with E-state index in [4.69, 9.17) is 18.6 Å². The maximum absolute atomic E-state index is 5.60. The van der Waals surface area contributed by atoms with Crippen LogP contribution in [0.25, 0.3) is 0 Å². The first-order valence-electron chi connectivity index (χ1n) is 10.7. The van der Waals surface area contributed by atoms with E-state index < -0.39 is 0 Å². The number of hydrogen-bond donors (Lipinski definition) is 2. The number of ether oxygens (including phenoxy) is 3. The van der Waals surface area contributed by atoms with Crippen LogP contribution in [0.3, 0.4) is 0 Å². The summed E-state index contributed by atoms with van der Waals surface area (Å²) >= 11 is 0. The molecule has 0 bridgehead atoms. The molecule has 1 aliphatic rings. The van der Waals surface area contributed by atoms with Crippen LogP contribution in [-0.4, -0.2) is 64.9 Å². The van der Waals surface area contributed by atoms with Crippen LogP contribution in [-0.2, 0) is 24.3 Å². The molecule has 0 unspecified atom stereocenters. The van der Waals surface area contributed by atoms with Crippen molar-refractivity contribution in [1.82, 2.24) is 15.5 Å². The summed E-state index contributed by atoms with van der Waals surface area (Å²) in [6.07, 6.45) is 3.57. The molecule has 32 heavy (non-hydrogen) atoms. The first-order valence-corrected chi connectivity index (χ1v) is 10.7. The lowest BCUT2D eigenvalue weighted by atomic mass is 9.99. The minimum atomic E-state index is 0. The van der Waals surface area contributed by atoms with Crippen LogP contribution in [0.1, 0.15) is 23.3 Å². The molecule has 9 heteroatoms. The minimum absolute atomic E-state index is 0. The summed E-state index contributed by atoms with van der Waals surface area (Å²) in [5.74, 6) is 3.26. The van der Waals surface area contributed by atoms with Crippen LogP contribution in [0, 0.1) is 0 Å². The molecule has 0 radical (unpaired) electrons. The summed E-state index contributed by atoms with van der Waals surface area (Å²) in [6.45, 7) is 5.71. The first-order chi connectivity index (χ1) is 15.2. The molecule has 1 aromatic heterocycles. The maximum atomic E-state index is 5.60. The Labute approximate surface area is 207 Å². The van der Waals surface area contributed by atoms with Gasteiger partial charge in [-0.2, -0.15) is 0 Å². The smallest absolute Gasteiger partial charge is 0.191 e. The molecule has 0 saturated carbocycles. The van der Waals surface area contributed by atoms with E-state index in [1.807, 2.05) is 12.1 Å². The fourth-order valence-corrected chi connectivity index (χ4v) is 3.63. The molecule has 0 atom stereocenters. The van der Waals surface area contributed by atoms with E-state index in [2.05, 4.69) is 32.7 Å². The normalized spacial score (nSPS) is 13.8. The fraction of sp³-hybridized carbons (Fsp3) is 0.522. The third-order valence-corrected chi connectivity index (χ3v) is 5.32. The van der Waals surface area contributed by atoms with Gasteiger partial charge in [-0.05, 0) is 48.2 Å². The summed E-state index contributed by atoms with van der Waals surface area (Å²) in [5, 5.41) is 6.72. The van der Waals surface area contributed by atoms with Crippen LogP contribution in [0.2, 0.25) is 0 Å². The summed E-state index contributed by atoms with van der Waals surface area (Å²) in [6, 6.07) is 7.99. The molecule has 0 amide bonds. The van der Waals surface area contributed by atoms with Crippen molar-refractivity contribution in [3.8, 4) is 11.5 Å². The highest BCUT2D eigenvalue weighted by atomic mass is 127. The third kappa shape index (κ3) is 7.86. The minimum Gasteiger partial charge on any atom is -0.493 e. The molecular formula is C23H35IN4O4. The molecule has 0 spiro atoms. The van der Waals surface area contributed by atoms with Gasteiger partial charge in [0.05, 0.1) is 20.5 Å². The molecule has 2 N–H and O–H groups in total. The average molecular weight is 558 g/mol. The van der Waals surface area contributed by atoms with Gasteiger partial charge in [0, 0.05) is 46.4 Å². The van der Waals surface area contributed by atoms with E-state index >= 15 is 0 Å². The maximum Gasteiger partial charge on any atom is 0.191 e. The number of aliphatic imine (C=N–C) groups is 1. The van der Waals surface area contributed by atoms with Gasteiger partial charge in [0.15, 0.2) is 17.5 Å². The lowest BCUT2D eigenvalue weighted by Crippen LogP contribution is -2.43. The summed E-state index contributed by atoms with van der Waals surface area (Å²) in [5.41, 5.74) is 2.65. The lowest BCUT2D eigenvalue weighted by molar-refractivity contribution is 0.105. The van der Waals surface area contributed by atoms with Gasteiger partial charge < -0.3 is 29.3 Å². The standard InChI is InChI=1S/C23H34N4O4.HI/c1-24-23(25-8-5-12-30-17-20-6-4-13-31-20)26-9-11-27-10-7-18-14-21(28-2)22(29-3)15-19(18)16-27;/h4,6,13-15H,5,7-12,16-17H2,1-3H3,(H2,24,25,26);1H. The van der Waals surface area contributed by atoms with Crippen molar-refractivity contribution in [3.63, 3.8) is 0 Å². The molecule has 0 fully saturated rings. The second-order valence-electron chi connectivity index (χ2n) is 7.41. The van der Waals surface area contributed by atoms with Crippen molar-refractivity contribution < 1.29 is 18.6 Å². The number of nitrogens with zero attached hydrogens (tertiary/aromatic N) is 2. The fourth-order valence-electron chi connectivity index (χ4n) is 3.63. The van der Waals surface area contributed by atoms with Gasteiger partial charge in [0.25, 0.3) is 0 Å². The highest BCUT2D eigenvalue weighted by Crippen LogP contribution is 2.33. The van der Waals surface area contributed by atoms with Gasteiger partial charge in [-0.1, -0.05) is 0 Å². The van der Waals surface area contributed by atoms with E-state index in [0.29, 0.717) is 13.2 Å². The van der Waals surface area contributed by atoms with Crippen molar-refractivity contribution >= 4 is 29.9 Å². The Morgan fingerprint density at radius 3 is 2.56 bits per heavy atom. The monoisotopic (exact) mass is 558 g/mol. The highest BCUT2D eigenvalue weighted by molar-refractivity contribution is 14.0. The Kier molecular flexibility index (Phi) is 11.7. The van der Waals surface area contributed by atoms with Crippen LogP contribution in [0.15, 0.2) is 39.9 Å². The molecule has 1 aromatic carbocycles. The molecule has 0 saturated heterocycles. The number of furan rings is 1. The Hall–Kier alpha value is -1.98. The molecule has 0 aliphatic carbocycles. The van der Waals surface area contributed by atoms with Crippen molar-refractivity contribution in [2.24, 2.45) is 4.99 Å². The third-order valence-electron chi connectivity index (χ3n) is 5.32. The number of nitrogens with one attached hydrogen (secondary N) is 2. The number of rotatable bonds is 11. The van der Waals surface area contributed by atoms with Crippen LogP contribution >= 0.6 is 24.0 Å². The summed E-state index contributed by atoms with van der Waals surface area (Å²) < 4.78 is 21.7. The van der Waals surface area contributed by atoms with Crippen LogP contribution in [0.4, 0.5) is 0 Å². The zero-order valence-electron chi connectivity index (χ0n) is 19.2. The number of methoxy groups -OCH3 is 2. The Balaban J connectivity index is 0.00000363. The number of guanidine groups is 1. The summed E-state index contributed by atoms with van der Waals surface area (Å²) in [7, 11) is 5.15. The first kappa shape index (κ1) is 26.3. The summed E-state index contributed by atoms with van der Waals surface area (Å²) in [4.78, 5) is 6.74. The molecule has 1 aliphatic heterocycles. The average Bonchev–Trinajstić information content (AvgIpc) is 3.32. The van der Waals surface area contributed by atoms with Gasteiger partial charge >= 0.3 is 0 Å². The number of benzene rings is 1. The van der Waals surface area contributed by atoms with Gasteiger partial charge in [0.2, 0.25) is 0 Å². The van der Waals surface area contributed by atoms with Crippen LogP contribution < -0.4 is 20.1 Å². The largest absolute Gasteiger partial charge is 0.493 e.